The number of furan rings is 1. The van der Waals surface area contributed by atoms with Gasteiger partial charge in [0.2, 0.25) is 0 Å². The highest BCUT2D eigenvalue weighted by Gasteiger charge is 2.18. The van der Waals surface area contributed by atoms with E-state index in [0.717, 1.165) is 50.3 Å². The third kappa shape index (κ3) is 5.19. The minimum absolute atomic E-state index is 0.871. The molecule has 0 N–H and O–H groups in total. The largest absolute Gasteiger partial charge is 0.456 e. The van der Waals surface area contributed by atoms with Crippen LogP contribution in [0.25, 0.3) is 91.9 Å². The number of anilines is 3. The number of nitrogens with zero attached hydrogens (tertiary/aromatic N) is 2. The van der Waals surface area contributed by atoms with Crippen LogP contribution in [0.3, 0.4) is 0 Å². The molecule has 0 aliphatic heterocycles. The molecule has 12 rings (SSSR count). The van der Waals surface area contributed by atoms with E-state index >= 15 is 0 Å². The van der Waals surface area contributed by atoms with Gasteiger partial charge in [0.05, 0.1) is 11.0 Å². The second-order valence-electron chi connectivity index (χ2n) is 14.9. The first-order valence-electron chi connectivity index (χ1n) is 19.7. The van der Waals surface area contributed by atoms with Gasteiger partial charge in [0, 0.05) is 70.5 Å². The van der Waals surface area contributed by atoms with Crippen LogP contribution in [-0.4, -0.2) is 4.57 Å². The van der Waals surface area contributed by atoms with Crippen molar-refractivity contribution in [1.29, 1.82) is 0 Å². The molecule has 0 fully saturated rings. The molecule has 0 atom stereocenters. The van der Waals surface area contributed by atoms with Gasteiger partial charge in [0.15, 0.2) is 0 Å². The summed E-state index contributed by atoms with van der Waals surface area (Å²) in [6.45, 7) is 0. The van der Waals surface area contributed by atoms with E-state index < -0.39 is 0 Å². The van der Waals surface area contributed by atoms with Crippen molar-refractivity contribution in [2.45, 2.75) is 0 Å². The van der Waals surface area contributed by atoms with E-state index in [2.05, 4.69) is 204 Å². The number of benzene rings is 9. The Kier molecular flexibility index (Phi) is 7.40. The van der Waals surface area contributed by atoms with Gasteiger partial charge in [-0.1, -0.05) is 127 Å². The summed E-state index contributed by atoms with van der Waals surface area (Å²) >= 11 is 1.87. The maximum Gasteiger partial charge on any atom is 0.137 e. The summed E-state index contributed by atoms with van der Waals surface area (Å²) in [5.41, 5.74) is 13.3. The highest BCUT2D eigenvalue weighted by Crippen LogP contribution is 2.43. The van der Waals surface area contributed by atoms with Crippen LogP contribution in [0.1, 0.15) is 0 Å². The van der Waals surface area contributed by atoms with Gasteiger partial charge < -0.3 is 13.9 Å². The molecule has 272 valence electrons. The van der Waals surface area contributed by atoms with E-state index in [4.69, 9.17) is 4.42 Å². The number of thiophene rings is 1. The summed E-state index contributed by atoms with van der Waals surface area (Å²) in [6, 6.07) is 74.4. The first-order valence-corrected chi connectivity index (χ1v) is 20.5. The predicted octanol–water partition coefficient (Wildman–Crippen LogP) is 15.9. The van der Waals surface area contributed by atoms with Crippen molar-refractivity contribution in [2.24, 2.45) is 0 Å². The molecular weight excluding hydrogens is 725 g/mol. The third-order valence-corrected chi connectivity index (χ3v) is 12.8. The van der Waals surface area contributed by atoms with E-state index in [1.54, 1.807) is 0 Å². The van der Waals surface area contributed by atoms with Crippen LogP contribution in [0, 0.1) is 0 Å². The summed E-state index contributed by atoms with van der Waals surface area (Å²) in [7, 11) is 0. The summed E-state index contributed by atoms with van der Waals surface area (Å²) in [6.07, 6.45) is 0. The fraction of sp³-hybridized carbons (Fsp3) is 0. The average molecular weight is 759 g/mol. The van der Waals surface area contributed by atoms with Crippen LogP contribution in [0.15, 0.2) is 211 Å². The molecule has 58 heavy (non-hydrogen) atoms. The highest BCUT2D eigenvalue weighted by atomic mass is 32.1. The van der Waals surface area contributed by atoms with Gasteiger partial charge in [0.1, 0.15) is 11.2 Å². The quantitative estimate of drug-likeness (QED) is 0.168. The van der Waals surface area contributed by atoms with Crippen molar-refractivity contribution in [1.82, 2.24) is 4.57 Å². The Labute approximate surface area is 338 Å². The topological polar surface area (TPSA) is 21.3 Å². The lowest BCUT2D eigenvalue weighted by Crippen LogP contribution is -2.09. The molecular formula is C54H34N2OS. The van der Waals surface area contributed by atoms with Gasteiger partial charge in [-0.15, -0.1) is 11.3 Å². The monoisotopic (exact) mass is 758 g/mol. The van der Waals surface area contributed by atoms with Crippen molar-refractivity contribution in [3.63, 3.8) is 0 Å². The van der Waals surface area contributed by atoms with Crippen molar-refractivity contribution in [3.05, 3.63) is 206 Å². The van der Waals surface area contributed by atoms with Gasteiger partial charge >= 0.3 is 0 Å². The molecule has 0 saturated heterocycles. The molecule has 3 aromatic heterocycles. The predicted molar refractivity (Wildman–Crippen MR) is 247 cm³/mol. The van der Waals surface area contributed by atoms with Gasteiger partial charge in [-0.3, -0.25) is 0 Å². The molecule has 0 unspecified atom stereocenters. The smallest absolute Gasteiger partial charge is 0.137 e. The zero-order valence-electron chi connectivity index (χ0n) is 31.3. The number of hydrogen-bond acceptors (Lipinski definition) is 3. The Bertz CT molecular complexity index is 3500. The molecule has 0 radical (unpaired) electrons. The maximum absolute atomic E-state index is 6.41. The van der Waals surface area contributed by atoms with E-state index in [-0.39, 0.29) is 0 Å². The van der Waals surface area contributed by atoms with Gasteiger partial charge in [-0.25, -0.2) is 0 Å². The third-order valence-electron chi connectivity index (χ3n) is 11.6. The molecule has 0 spiro atoms. The van der Waals surface area contributed by atoms with Crippen molar-refractivity contribution >= 4 is 92.3 Å². The van der Waals surface area contributed by atoms with E-state index in [1.165, 1.54) is 58.7 Å². The Morgan fingerprint density at radius 1 is 0.379 bits per heavy atom. The molecule has 0 aliphatic rings. The number of para-hydroxylation sites is 3. The molecule has 3 nitrogen and oxygen atoms in total. The van der Waals surface area contributed by atoms with Crippen molar-refractivity contribution < 1.29 is 4.42 Å². The molecule has 9 aromatic carbocycles. The Morgan fingerprint density at radius 3 is 1.81 bits per heavy atom. The molecule has 0 saturated carbocycles. The molecule has 0 amide bonds. The standard InChI is InChI=1S/C54H34N2OS/c1-2-11-38(12-3-1)56-49-18-7-4-13-43(49)44-31-25-37(33-50(44)56)35-21-26-39(27-22-35)55(41-30-32-46-45-14-5-8-19-51(45)57-52(46)34-41)40-28-23-36(24-29-40)42-16-10-17-48-47-15-6-9-20-53(47)58-54(42)48/h1-34H. The van der Waals surface area contributed by atoms with Crippen LogP contribution in [0.5, 0.6) is 0 Å². The molecule has 12 aromatic rings. The van der Waals surface area contributed by atoms with Crippen LogP contribution in [0.4, 0.5) is 17.1 Å². The van der Waals surface area contributed by atoms with Crippen LogP contribution in [0.2, 0.25) is 0 Å². The summed E-state index contributed by atoms with van der Waals surface area (Å²) in [4.78, 5) is 2.33. The zero-order valence-corrected chi connectivity index (χ0v) is 32.2. The van der Waals surface area contributed by atoms with Gasteiger partial charge in [0.25, 0.3) is 0 Å². The fourth-order valence-corrected chi connectivity index (χ4v) is 10.1. The Morgan fingerprint density at radius 2 is 0.983 bits per heavy atom. The Hall–Kier alpha value is -7.40. The normalized spacial score (nSPS) is 11.8. The van der Waals surface area contributed by atoms with E-state index in [1.807, 2.05) is 23.5 Å². The lowest BCUT2D eigenvalue weighted by Gasteiger charge is -2.26. The maximum atomic E-state index is 6.41. The van der Waals surface area contributed by atoms with Gasteiger partial charge in [-0.2, -0.15) is 0 Å². The SMILES string of the molecule is c1ccc(-n2c3ccccc3c3ccc(-c4ccc(N(c5ccc(-c6cccc7c6sc6ccccc67)cc5)c5ccc6c(c5)oc5ccccc56)cc4)cc32)cc1. The summed E-state index contributed by atoms with van der Waals surface area (Å²) < 4.78 is 11.4. The zero-order chi connectivity index (χ0) is 38.2. The Balaban J connectivity index is 0.968. The number of hydrogen-bond donors (Lipinski definition) is 0. The number of rotatable bonds is 6. The average Bonchev–Trinajstić information content (AvgIpc) is 3.96. The van der Waals surface area contributed by atoms with Crippen LogP contribution < -0.4 is 4.90 Å². The van der Waals surface area contributed by atoms with Crippen molar-refractivity contribution in [2.75, 3.05) is 4.90 Å². The van der Waals surface area contributed by atoms with E-state index in [0.29, 0.717) is 0 Å². The first-order chi connectivity index (χ1) is 28.7. The minimum Gasteiger partial charge on any atom is -0.456 e. The lowest BCUT2D eigenvalue weighted by atomic mass is 10.0. The molecule has 0 aliphatic carbocycles. The summed E-state index contributed by atoms with van der Waals surface area (Å²) in [5, 5.41) is 7.37. The molecule has 0 bridgehead atoms. The highest BCUT2D eigenvalue weighted by molar-refractivity contribution is 7.26. The minimum atomic E-state index is 0.871. The van der Waals surface area contributed by atoms with Crippen LogP contribution in [-0.2, 0) is 0 Å². The lowest BCUT2D eigenvalue weighted by molar-refractivity contribution is 0.669. The molecule has 4 heteroatoms. The van der Waals surface area contributed by atoms with E-state index in [9.17, 15) is 0 Å². The number of aromatic nitrogens is 1. The number of fused-ring (bicyclic) bond motifs is 9. The second-order valence-corrected chi connectivity index (χ2v) is 16.0. The van der Waals surface area contributed by atoms with Crippen LogP contribution >= 0.6 is 11.3 Å². The van der Waals surface area contributed by atoms with Crippen molar-refractivity contribution in [3.8, 4) is 27.9 Å². The summed E-state index contributed by atoms with van der Waals surface area (Å²) in [5.74, 6) is 0. The molecule has 3 heterocycles. The fourth-order valence-electron chi connectivity index (χ4n) is 8.87. The van der Waals surface area contributed by atoms with Gasteiger partial charge in [-0.05, 0) is 95.1 Å². The first kappa shape index (κ1) is 32.8. The second kappa shape index (κ2) is 13.1.